The van der Waals surface area contributed by atoms with Gasteiger partial charge in [-0.2, -0.15) is 0 Å². The molecule has 4 nitrogen and oxygen atoms in total. The molecule has 0 amide bonds. The van der Waals surface area contributed by atoms with Crippen molar-refractivity contribution in [2.24, 2.45) is 5.92 Å². The molecule has 1 saturated carbocycles. The van der Waals surface area contributed by atoms with Gasteiger partial charge in [0.25, 0.3) is 0 Å². The van der Waals surface area contributed by atoms with Crippen LogP contribution in [0.1, 0.15) is 30.0 Å². The molecule has 0 radical (unpaired) electrons. The second kappa shape index (κ2) is 4.61. The van der Waals surface area contributed by atoms with Crippen molar-refractivity contribution in [2.45, 2.75) is 25.3 Å². The van der Waals surface area contributed by atoms with Crippen molar-refractivity contribution in [2.75, 3.05) is 13.2 Å². The lowest BCUT2D eigenvalue weighted by Gasteiger charge is -2.15. The van der Waals surface area contributed by atoms with E-state index in [9.17, 15) is 9.90 Å². The Hall–Kier alpha value is -1.55. The zero-order valence-electron chi connectivity index (χ0n) is 10.2. The normalized spacial score (nSPS) is 19.1. The summed E-state index contributed by atoms with van der Waals surface area (Å²) in [6.45, 7) is 1.50. The first kappa shape index (κ1) is 11.5. The van der Waals surface area contributed by atoms with Gasteiger partial charge in [-0.05, 0) is 48.6 Å². The van der Waals surface area contributed by atoms with Crippen LogP contribution in [-0.4, -0.2) is 24.2 Å². The molecular weight excluding hydrogens is 230 g/mol. The highest BCUT2D eigenvalue weighted by Crippen LogP contribution is 2.30. The Balaban J connectivity index is 1.77. The molecular formula is C14H17NO3. The lowest BCUT2D eigenvalue weighted by molar-refractivity contribution is -0.139. The second-order valence-corrected chi connectivity index (χ2v) is 5.09. The van der Waals surface area contributed by atoms with Crippen LogP contribution >= 0.6 is 0 Å². The molecule has 96 valence electrons. The highest BCUT2D eigenvalue weighted by molar-refractivity contribution is 5.75. The average molecular weight is 247 g/mol. The number of carboxylic acids is 1. The first-order chi connectivity index (χ1) is 8.74. The minimum absolute atomic E-state index is 0.600. The van der Waals surface area contributed by atoms with Gasteiger partial charge in [-0.15, -0.1) is 0 Å². The number of hydrogen-bond donors (Lipinski definition) is 2. The lowest BCUT2D eigenvalue weighted by atomic mass is 10.0. The number of rotatable bonds is 5. The number of aliphatic carboxylic acids is 1. The fraction of sp³-hybridized carbons (Fsp3) is 0.500. The predicted molar refractivity (Wildman–Crippen MR) is 66.7 cm³/mol. The molecule has 0 bridgehead atoms. The van der Waals surface area contributed by atoms with Crippen molar-refractivity contribution in [1.29, 1.82) is 0 Å². The number of fused-ring (bicyclic) bond motifs is 1. The van der Waals surface area contributed by atoms with Gasteiger partial charge in [-0.1, -0.05) is 6.07 Å². The summed E-state index contributed by atoms with van der Waals surface area (Å²) in [4.78, 5) is 11.3. The van der Waals surface area contributed by atoms with E-state index in [-0.39, 0.29) is 0 Å². The van der Waals surface area contributed by atoms with Crippen LogP contribution in [0.2, 0.25) is 0 Å². The van der Waals surface area contributed by atoms with Crippen molar-refractivity contribution >= 4 is 5.97 Å². The first-order valence-electron chi connectivity index (χ1n) is 6.46. The maximum absolute atomic E-state index is 11.3. The van der Waals surface area contributed by atoms with E-state index >= 15 is 0 Å². The summed E-state index contributed by atoms with van der Waals surface area (Å²) < 4.78 is 5.43. The van der Waals surface area contributed by atoms with Crippen molar-refractivity contribution < 1.29 is 14.6 Å². The topological polar surface area (TPSA) is 58.6 Å². The number of benzene rings is 1. The van der Waals surface area contributed by atoms with E-state index in [1.165, 1.54) is 12.8 Å². The lowest BCUT2D eigenvalue weighted by Crippen LogP contribution is -2.30. The summed E-state index contributed by atoms with van der Waals surface area (Å²) in [5.41, 5.74) is 1.94. The maximum atomic E-state index is 11.3. The molecule has 0 saturated heterocycles. The highest BCUT2D eigenvalue weighted by atomic mass is 16.5. The Morgan fingerprint density at radius 2 is 2.33 bits per heavy atom. The first-order valence-corrected chi connectivity index (χ1v) is 6.46. The molecule has 1 fully saturated rings. The summed E-state index contributed by atoms with van der Waals surface area (Å²) in [5.74, 6) is 0.754. The van der Waals surface area contributed by atoms with Gasteiger partial charge in [0, 0.05) is 6.42 Å². The molecule has 4 heteroatoms. The Labute approximate surface area is 106 Å². The third-order valence-electron chi connectivity index (χ3n) is 3.60. The van der Waals surface area contributed by atoms with Crippen LogP contribution < -0.4 is 10.1 Å². The van der Waals surface area contributed by atoms with E-state index in [2.05, 4.69) is 5.32 Å². The third-order valence-corrected chi connectivity index (χ3v) is 3.60. The Morgan fingerprint density at radius 3 is 3.06 bits per heavy atom. The monoisotopic (exact) mass is 247 g/mol. The summed E-state index contributed by atoms with van der Waals surface area (Å²) in [6.07, 6.45) is 3.31. The highest BCUT2D eigenvalue weighted by Gasteiger charge is 2.26. The van der Waals surface area contributed by atoms with E-state index in [1.54, 1.807) is 0 Å². The molecule has 1 aliphatic heterocycles. The van der Waals surface area contributed by atoms with Gasteiger partial charge in [0.2, 0.25) is 0 Å². The molecule has 2 aliphatic rings. The molecule has 1 heterocycles. The number of nitrogens with one attached hydrogen (secondary N) is 1. The van der Waals surface area contributed by atoms with E-state index in [1.807, 2.05) is 18.2 Å². The Bertz CT molecular complexity index is 468. The van der Waals surface area contributed by atoms with Crippen LogP contribution in [0.3, 0.4) is 0 Å². The van der Waals surface area contributed by atoms with Gasteiger partial charge in [0.05, 0.1) is 6.61 Å². The minimum Gasteiger partial charge on any atom is -0.493 e. The van der Waals surface area contributed by atoms with E-state index in [0.29, 0.717) is 12.5 Å². The molecule has 1 aromatic rings. The quantitative estimate of drug-likeness (QED) is 0.832. The van der Waals surface area contributed by atoms with Gasteiger partial charge in [0.1, 0.15) is 11.8 Å². The third kappa shape index (κ3) is 2.34. The van der Waals surface area contributed by atoms with Crippen LogP contribution in [0.25, 0.3) is 0 Å². The van der Waals surface area contributed by atoms with Gasteiger partial charge >= 0.3 is 5.97 Å². The van der Waals surface area contributed by atoms with Gasteiger partial charge in [-0.25, -0.2) is 0 Å². The summed E-state index contributed by atoms with van der Waals surface area (Å²) in [7, 11) is 0. The summed E-state index contributed by atoms with van der Waals surface area (Å²) >= 11 is 0. The maximum Gasteiger partial charge on any atom is 0.325 e. The standard InChI is InChI=1S/C14H17NO3/c16-14(17)13(15-8-9-1-2-9)11-3-4-12-10(7-11)5-6-18-12/h3-4,7,9,13,15H,1-2,5-6,8H2,(H,16,17). The van der Waals surface area contributed by atoms with Crippen molar-refractivity contribution in [3.05, 3.63) is 29.3 Å². The smallest absolute Gasteiger partial charge is 0.325 e. The van der Waals surface area contributed by atoms with Crippen LogP contribution in [-0.2, 0) is 11.2 Å². The zero-order chi connectivity index (χ0) is 12.5. The average Bonchev–Trinajstić information content (AvgIpc) is 3.05. The minimum atomic E-state index is -0.811. The Kier molecular flexibility index (Phi) is 2.96. The molecule has 1 unspecified atom stereocenters. The molecule has 18 heavy (non-hydrogen) atoms. The summed E-state index contributed by atoms with van der Waals surface area (Å²) in [6, 6.07) is 5.09. The van der Waals surface area contributed by atoms with Crippen LogP contribution in [0, 0.1) is 5.92 Å². The van der Waals surface area contributed by atoms with Crippen molar-refractivity contribution in [3.8, 4) is 5.75 Å². The van der Waals surface area contributed by atoms with Gasteiger partial charge in [0.15, 0.2) is 0 Å². The number of hydrogen-bond acceptors (Lipinski definition) is 3. The van der Waals surface area contributed by atoms with E-state index in [0.717, 1.165) is 29.8 Å². The van der Waals surface area contributed by atoms with Gasteiger partial charge in [-0.3, -0.25) is 4.79 Å². The number of carboxylic acid groups (broad SMARTS) is 1. The molecule has 1 aliphatic carbocycles. The van der Waals surface area contributed by atoms with Crippen LogP contribution in [0.4, 0.5) is 0 Å². The Morgan fingerprint density at radius 1 is 1.50 bits per heavy atom. The van der Waals surface area contributed by atoms with E-state index in [4.69, 9.17) is 4.74 Å². The molecule has 1 atom stereocenters. The fourth-order valence-electron chi connectivity index (χ4n) is 2.34. The molecule has 0 aromatic heterocycles. The van der Waals surface area contributed by atoms with Crippen LogP contribution in [0.15, 0.2) is 18.2 Å². The molecule has 0 spiro atoms. The number of carbonyl (C=O) groups is 1. The van der Waals surface area contributed by atoms with E-state index < -0.39 is 12.0 Å². The van der Waals surface area contributed by atoms with Crippen molar-refractivity contribution in [3.63, 3.8) is 0 Å². The largest absolute Gasteiger partial charge is 0.493 e. The molecule has 3 rings (SSSR count). The number of ether oxygens (including phenoxy) is 1. The van der Waals surface area contributed by atoms with Crippen LogP contribution in [0.5, 0.6) is 5.75 Å². The predicted octanol–water partition coefficient (Wildman–Crippen LogP) is 1.75. The summed E-state index contributed by atoms with van der Waals surface area (Å²) in [5, 5.41) is 12.5. The molecule has 1 aromatic carbocycles. The molecule has 2 N–H and O–H groups in total. The zero-order valence-corrected chi connectivity index (χ0v) is 10.2. The SMILES string of the molecule is O=C(O)C(NCC1CC1)c1ccc2c(c1)CCO2. The fourth-order valence-corrected chi connectivity index (χ4v) is 2.34. The van der Waals surface area contributed by atoms with Gasteiger partial charge < -0.3 is 15.2 Å². The van der Waals surface area contributed by atoms with Crippen molar-refractivity contribution in [1.82, 2.24) is 5.32 Å². The second-order valence-electron chi connectivity index (χ2n) is 5.09.